The lowest BCUT2D eigenvalue weighted by atomic mass is 10.0. The Morgan fingerprint density at radius 1 is 1.40 bits per heavy atom. The lowest BCUT2D eigenvalue weighted by Crippen LogP contribution is -2.47. The highest BCUT2D eigenvalue weighted by atomic mass is 16.5. The summed E-state index contributed by atoms with van der Waals surface area (Å²) in [6, 6.07) is 7.75. The predicted octanol–water partition coefficient (Wildman–Crippen LogP) is 2.17. The molecular weight excluding hydrogens is 252 g/mol. The minimum atomic E-state index is -0.426. The fraction of sp³-hybridized carbons (Fsp3) is 0.562. The molecule has 1 atom stereocenters. The highest BCUT2D eigenvalue weighted by Gasteiger charge is 2.35. The number of amides is 1. The Kier molecular flexibility index (Phi) is 4.65. The van der Waals surface area contributed by atoms with Crippen LogP contribution in [0.1, 0.15) is 32.3 Å². The predicted molar refractivity (Wildman–Crippen MR) is 79.4 cm³/mol. The maximum atomic E-state index is 12.5. The number of carbonyl (C=O) groups is 1. The number of para-hydroxylation sites is 1. The lowest BCUT2D eigenvalue weighted by Gasteiger charge is -2.28. The van der Waals surface area contributed by atoms with Crippen molar-refractivity contribution in [3.8, 4) is 5.75 Å². The van der Waals surface area contributed by atoms with Crippen LogP contribution in [-0.4, -0.2) is 30.0 Å². The van der Waals surface area contributed by atoms with E-state index in [1.54, 1.807) is 7.11 Å². The van der Waals surface area contributed by atoms with Gasteiger partial charge >= 0.3 is 0 Å². The van der Waals surface area contributed by atoms with Gasteiger partial charge in [0.05, 0.1) is 13.2 Å². The quantitative estimate of drug-likeness (QED) is 0.866. The van der Waals surface area contributed by atoms with E-state index in [0.29, 0.717) is 12.6 Å². The third kappa shape index (κ3) is 3.31. The van der Waals surface area contributed by atoms with Crippen LogP contribution < -0.4 is 10.5 Å². The van der Waals surface area contributed by atoms with Crippen LogP contribution in [0.15, 0.2) is 24.3 Å². The first-order valence-electron chi connectivity index (χ1n) is 7.22. The Balaban J connectivity index is 2.16. The Morgan fingerprint density at radius 3 is 2.60 bits per heavy atom. The van der Waals surface area contributed by atoms with E-state index < -0.39 is 6.04 Å². The zero-order valence-corrected chi connectivity index (χ0v) is 12.5. The summed E-state index contributed by atoms with van der Waals surface area (Å²) in [5, 5.41) is 0. The van der Waals surface area contributed by atoms with Gasteiger partial charge in [-0.05, 0) is 24.8 Å². The van der Waals surface area contributed by atoms with E-state index >= 15 is 0 Å². The molecule has 0 bridgehead atoms. The van der Waals surface area contributed by atoms with Crippen LogP contribution in [0.4, 0.5) is 0 Å². The molecule has 4 nitrogen and oxygen atoms in total. The van der Waals surface area contributed by atoms with Crippen molar-refractivity contribution in [1.82, 2.24) is 4.90 Å². The van der Waals surface area contributed by atoms with E-state index in [2.05, 4.69) is 0 Å². The van der Waals surface area contributed by atoms with Crippen molar-refractivity contribution < 1.29 is 9.53 Å². The van der Waals surface area contributed by atoms with Crippen LogP contribution in [0.2, 0.25) is 0 Å². The third-order valence-corrected chi connectivity index (χ3v) is 3.81. The summed E-state index contributed by atoms with van der Waals surface area (Å²) in [6.07, 6.45) is 2.15. The molecule has 0 saturated heterocycles. The van der Waals surface area contributed by atoms with Crippen molar-refractivity contribution in [2.45, 2.75) is 45.3 Å². The number of ether oxygens (including phenoxy) is 1. The van der Waals surface area contributed by atoms with E-state index in [1.807, 2.05) is 43.0 Å². The zero-order valence-electron chi connectivity index (χ0n) is 12.5. The number of nitrogens with two attached hydrogens (primary N) is 1. The minimum absolute atomic E-state index is 0.0495. The van der Waals surface area contributed by atoms with Crippen molar-refractivity contribution in [1.29, 1.82) is 0 Å². The molecule has 0 spiro atoms. The second-order valence-corrected chi connectivity index (χ2v) is 5.78. The van der Waals surface area contributed by atoms with Crippen molar-refractivity contribution in [3.63, 3.8) is 0 Å². The van der Waals surface area contributed by atoms with Gasteiger partial charge in [0.2, 0.25) is 5.91 Å². The number of methoxy groups -OCH3 is 1. The smallest absolute Gasteiger partial charge is 0.240 e. The normalized spacial score (nSPS) is 16.1. The van der Waals surface area contributed by atoms with Crippen LogP contribution in [0.3, 0.4) is 0 Å². The van der Waals surface area contributed by atoms with Crippen LogP contribution >= 0.6 is 0 Å². The second kappa shape index (κ2) is 6.27. The Labute approximate surface area is 120 Å². The molecule has 1 saturated carbocycles. The first kappa shape index (κ1) is 14.9. The number of nitrogens with zero attached hydrogens (tertiary/aromatic N) is 1. The van der Waals surface area contributed by atoms with Gasteiger partial charge in [0.15, 0.2) is 0 Å². The van der Waals surface area contributed by atoms with E-state index in [-0.39, 0.29) is 11.8 Å². The van der Waals surface area contributed by atoms with E-state index in [1.165, 1.54) is 0 Å². The summed E-state index contributed by atoms with van der Waals surface area (Å²) >= 11 is 0. The maximum absolute atomic E-state index is 12.5. The Morgan fingerprint density at radius 2 is 2.05 bits per heavy atom. The first-order valence-corrected chi connectivity index (χ1v) is 7.22. The topological polar surface area (TPSA) is 55.6 Å². The highest BCUT2D eigenvalue weighted by molar-refractivity contribution is 5.82. The molecule has 4 heteroatoms. The molecule has 0 aromatic heterocycles. The van der Waals surface area contributed by atoms with E-state index in [4.69, 9.17) is 10.5 Å². The molecule has 2 rings (SSSR count). The average molecular weight is 276 g/mol. The fourth-order valence-corrected chi connectivity index (χ4v) is 2.27. The van der Waals surface area contributed by atoms with Gasteiger partial charge in [-0.3, -0.25) is 4.79 Å². The van der Waals surface area contributed by atoms with Crippen LogP contribution in [0.25, 0.3) is 0 Å². The Hall–Kier alpha value is -1.55. The largest absolute Gasteiger partial charge is 0.496 e. The number of hydrogen-bond acceptors (Lipinski definition) is 3. The summed E-state index contributed by atoms with van der Waals surface area (Å²) in [5.41, 5.74) is 7.06. The summed E-state index contributed by atoms with van der Waals surface area (Å²) in [5.74, 6) is 1.03. The van der Waals surface area contributed by atoms with Gasteiger partial charge < -0.3 is 15.4 Å². The van der Waals surface area contributed by atoms with Crippen molar-refractivity contribution in [3.05, 3.63) is 29.8 Å². The number of hydrogen-bond donors (Lipinski definition) is 1. The SMILES string of the molecule is COc1ccccc1CN(C(=O)[C@@H](N)C(C)C)C1CC1. The van der Waals surface area contributed by atoms with Gasteiger partial charge in [0.25, 0.3) is 0 Å². The van der Waals surface area contributed by atoms with Gasteiger partial charge in [-0.1, -0.05) is 32.0 Å². The van der Waals surface area contributed by atoms with Gasteiger partial charge in [-0.2, -0.15) is 0 Å². The lowest BCUT2D eigenvalue weighted by molar-refractivity contribution is -0.134. The zero-order chi connectivity index (χ0) is 14.7. The molecule has 1 aliphatic rings. The number of carbonyl (C=O) groups excluding carboxylic acids is 1. The van der Waals surface area contributed by atoms with Gasteiger partial charge in [-0.15, -0.1) is 0 Å². The maximum Gasteiger partial charge on any atom is 0.240 e. The molecule has 1 amide bonds. The minimum Gasteiger partial charge on any atom is -0.496 e. The molecule has 20 heavy (non-hydrogen) atoms. The molecule has 0 radical (unpaired) electrons. The fourth-order valence-electron chi connectivity index (χ4n) is 2.27. The van der Waals surface area contributed by atoms with Crippen LogP contribution in [0.5, 0.6) is 5.75 Å². The molecule has 0 aliphatic heterocycles. The molecule has 1 aliphatic carbocycles. The Bertz CT molecular complexity index is 469. The van der Waals surface area contributed by atoms with Gasteiger partial charge in [0, 0.05) is 18.2 Å². The molecule has 1 fully saturated rings. The van der Waals surface area contributed by atoms with E-state index in [0.717, 1.165) is 24.2 Å². The molecule has 2 N–H and O–H groups in total. The van der Waals surface area contributed by atoms with Crippen LogP contribution in [0, 0.1) is 5.92 Å². The highest BCUT2D eigenvalue weighted by Crippen LogP contribution is 2.31. The second-order valence-electron chi connectivity index (χ2n) is 5.78. The monoisotopic (exact) mass is 276 g/mol. The molecule has 110 valence electrons. The standard InChI is InChI=1S/C16H24N2O2/c1-11(2)15(17)16(19)18(13-8-9-13)10-12-6-4-5-7-14(12)20-3/h4-7,11,13,15H,8-10,17H2,1-3H3/t15-/m0/s1. The van der Waals surface area contributed by atoms with Gasteiger partial charge in [-0.25, -0.2) is 0 Å². The molecule has 1 aromatic rings. The van der Waals surface area contributed by atoms with Crippen molar-refractivity contribution in [2.75, 3.05) is 7.11 Å². The number of rotatable bonds is 6. The number of benzene rings is 1. The van der Waals surface area contributed by atoms with Gasteiger partial charge in [0.1, 0.15) is 5.75 Å². The van der Waals surface area contributed by atoms with E-state index in [9.17, 15) is 4.79 Å². The summed E-state index contributed by atoms with van der Waals surface area (Å²) in [4.78, 5) is 14.4. The van der Waals surface area contributed by atoms with Crippen molar-refractivity contribution in [2.24, 2.45) is 11.7 Å². The average Bonchev–Trinajstić information content (AvgIpc) is 3.28. The summed E-state index contributed by atoms with van der Waals surface area (Å²) in [7, 11) is 1.65. The first-order chi connectivity index (χ1) is 9.54. The summed E-state index contributed by atoms with van der Waals surface area (Å²) in [6.45, 7) is 4.54. The van der Waals surface area contributed by atoms with Crippen molar-refractivity contribution >= 4 is 5.91 Å². The molecule has 0 heterocycles. The third-order valence-electron chi connectivity index (χ3n) is 3.81. The molecular formula is C16H24N2O2. The molecule has 0 unspecified atom stereocenters. The van der Waals surface area contributed by atoms with Crippen LogP contribution in [-0.2, 0) is 11.3 Å². The molecule has 1 aromatic carbocycles. The summed E-state index contributed by atoms with van der Waals surface area (Å²) < 4.78 is 5.36.